The molecule has 6 heteroatoms. The van der Waals surface area contributed by atoms with Gasteiger partial charge in [0.15, 0.2) is 0 Å². The zero-order valence-corrected chi connectivity index (χ0v) is 12.0. The second kappa shape index (κ2) is 6.68. The number of carboxylic acid groups (broad SMARTS) is 1. The molecule has 0 heterocycles. The minimum atomic E-state index is -3.63. The molecule has 0 aromatic heterocycles. The Balaban J connectivity index is 2.92. The zero-order valence-electron chi connectivity index (χ0n) is 11.1. The molecule has 1 rings (SSSR count). The highest BCUT2D eigenvalue weighted by atomic mass is 32.2. The standard InChI is InChI=1S/C13H19NO4S/c1-3-10-5-6-12(9-11(10)4-2)19(17,18)14-8-7-13(15)16/h5-6,9,14H,3-4,7-8H2,1-2H3,(H,15,16). The first-order valence-corrected chi connectivity index (χ1v) is 7.72. The monoisotopic (exact) mass is 285 g/mol. The van der Waals surface area contributed by atoms with Crippen molar-refractivity contribution < 1.29 is 18.3 Å². The van der Waals surface area contributed by atoms with Crippen molar-refractivity contribution >= 4 is 16.0 Å². The number of rotatable bonds is 7. The summed E-state index contributed by atoms with van der Waals surface area (Å²) in [5.74, 6) is -1.03. The summed E-state index contributed by atoms with van der Waals surface area (Å²) in [5.41, 5.74) is 2.13. The number of benzene rings is 1. The fourth-order valence-electron chi connectivity index (χ4n) is 1.82. The summed E-state index contributed by atoms with van der Waals surface area (Å²) in [6.07, 6.45) is 1.39. The summed E-state index contributed by atoms with van der Waals surface area (Å²) in [5, 5.41) is 8.50. The van der Waals surface area contributed by atoms with Crippen molar-refractivity contribution in [2.75, 3.05) is 6.54 Å². The Kier molecular flexibility index (Phi) is 5.50. The lowest BCUT2D eigenvalue weighted by Crippen LogP contribution is -2.26. The average Bonchev–Trinajstić information content (AvgIpc) is 2.37. The van der Waals surface area contributed by atoms with Crippen LogP contribution >= 0.6 is 0 Å². The highest BCUT2D eigenvalue weighted by Crippen LogP contribution is 2.17. The second-order valence-electron chi connectivity index (χ2n) is 4.18. The van der Waals surface area contributed by atoms with Gasteiger partial charge in [-0.25, -0.2) is 13.1 Å². The van der Waals surface area contributed by atoms with Crippen LogP contribution in [0.1, 0.15) is 31.4 Å². The van der Waals surface area contributed by atoms with E-state index >= 15 is 0 Å². The predicted octanol–water partition coefficient (Wildman–Crippen LogP) is 1.56. The van der Waals surface area contributed by atoms with Crippen molar-refractivity contribution in [3.8, 4) is 0 Å². The summed E-state index contributed by atoms with van der Waals surface area (Å²) >= 11 is 0. The molecule has 0 saturated heterocycles. The van der Waals surface area contributed by atoms with Crippen molar-refractivity contribution in [2.45, 2.75) is 38.0 Å². The minimum Gasteiger partial charge on any atom is -0.481 e. The predicted molar refractivity (Wildman–Crippen MR) is 72.6 cm³/mol. The molecule has 0 bridgehead atoms. The first-order valence-electron chi connectivity index (χ1n) is 6.24. The molecule has 0 aliphatic heterocycles. The van der Waals surface area contributed by atoms with Gasteiger partial charge in [-0.2, -0.15) is 0 Å². The topological polar surface area (TPSA) is 83.5 Å². The van der Waals surface area contributed by atoms with Crippen LogP contribution in [0.5, 0.6) is 0 Å². The highest BCUT2D eigenvalue weighted by Gasteiger charge is 2.15. The lowest BCUT2D eigenvalue weighted by Gasteiger charge is -2.10. The molecule has 0 saturated carbocycles. The molecule has 0 fully saturated rings. The Hall–Kier alpha value is -1.40. The van der Waals surface area contributed by atoms with Gasteiger partial charge in [-0.15, -0.1) is 0 Å². The largest absolute Gasteiger partial charge is 0.481 e. The van der Waals surface area contributed by atoms with Crippen LogP contribution in [0.15, 0.2) is 23.1 Å². The molecule has 19 heavy (non-hydrogen) atoms. The second-order valence-corrected chi connectivity index (χ2v) is 5.95. The van der Waals surface area contributed by atoms with Gasteiger partial charge in [0, 0.05) is 6.54 Å². The van der Waals surface area contributed by atoms with Crippen molar-refractivity contribution in [1.29, 1.82) is 0 Å². The Morgan fingerprint density at radius 2 is 1.84 bits per heavy atom. The van der Waals surface area contributed by atoms with Gasteiger partial charge in [-0.05, 0) is 36.1 Å². The average molecular weight is 285 g/mol. The molecule has 0 spiro atoms. The number of carboxylic acids is 1. The number of nitrogens with one attached hydrogen (secondary N) is 1. The van der Waals surface area contributed by atoms with Crippen LogP contribution < -0.4 is 4.72 Å². The lowest BCUT2D eigenvalue weighted by atomic mass is 10.0. The SMILES string of the molecule is CCc1ccc(S(=O)(=O)NCCC(=O)O)cc1CC. The van der Waals surface area contributed by atoms with Gasteiger partial charge in [0.25, 0.3) is 0 Å². The van der Waals surface area contributed by atoms with Crippen LogP contribution in [0.3, 0.4) is 0 Å². The molecule has 1 aromatic rings. The molecule has 106 valence electrons. The van der Waals surface area contributed by atoms with E-state index in [0.717, 1.165) is 24.0 Å². The summed E-state index contributed by atoms with van der Waals surface area (Å²) in [6.45, 7) is 3.89. The molecule has 2 N–H and O–H groups in total. The minimum absolute atomic E-state index is 0.103. The summed E-state index contributed by atoms with van der Waals surface area (Å²) < 4.78 is 26.2. The van der Waals surface area contributed by atoms with E-state index in [1.54, 1.807) is 12.1 Å². The van der Waals surface area contributed by atoms with Crippen molar-refractivity contribution in [1.82, 2.24) is 4.72 Å². The van der Waals surface area contributed by atoms with Crippen molar-refractivity contribution in [3.63, 3.8) is 0 Å². The van der Waals surface area contributed by atoms with Gasteiger partial charge in [-0.3, -0.25) is 4.79 Å². The van der Waals surface area contributed by atoms with E-state index in [9.17, 15) is 13.2 Å². The fourth-order valence-corrected chi connectivity index (χ4v) is 2.90. The number of aliphatic carboxylic acids is 1. The Labute approximate surface area is 113 Å². The first-order chi connectivity index (χ1) is 8.90. The molecule has 0 atom stereocenters. The van der Waals surface area contributed by atoms with Crippen LogP contribution in [-0.4, -0.2) is 26.0 Å². The molecule has 1 aromatic carbocycles. The van der Waals surface area contributed by atoms with E-state index in [-0.39, 0.29) is 17.9 Å². The molecule has 0 aliphatic carbocycles. The maximum atomic E-state index is 12.0. The third-order valence-corrected chi connectivity index (χ3v) is 4.34. The van der Waals surface area contributed by atoms with Crippen LogP contribution in [0.2, 0.25) is 0 Å². The van der Waals surface area contributed by atoms with E-state index in [1.807, 2.05) is 19.9 Å². The molecular weight excluding hydrogens is 266 g/mol. The van der Waals surface area contributed by atoms with Crippen LogP contribution in [-0.2, 0) is 27.7 Å². The van der Waals surface area contributed by atoms with E-state index < -0.39 is 16.0 Å². The van der Waals surface area contributed by atoms with Crippen LogP contribution in [0, 0.1) is 0 Å². The third-order valence-electron chi connectivity index (χ3n) is 2.88. The maximum absolute atomic E-state index is 12.0. The molecule has 5 nitrogen and oxygen atoms in total. The Bertz CT molecular complexity index is 552. The van der Waals surface area contributed by atoms with Gasteiger partial charge in [-0.1, -0.05) is 19.9 Å². The van der Waals surface area contributed by atoms with Gasteiger partial charge in [0.2, 0.25) is 10.0 Å². The molecular formula is C13H19NO4S. The fraction of sp³-hybridized carbons (Fsp3) is 0.462. The summed E-state index contributed by atoms with van der Waals surface area (Å²) in [6, 6.07) is 5.02. The third kappa shape index (κ3) is 4.33. The van der Waals surface area contributed by atoms with E-state index in [0.29, 0.717) is 0 Å². The van der Waals surface area contributed by atoms with Crippen molar-refractivity contribution in [2.24, 2.45) is 0 Å². The number of carbonyl (C=O) groups is 1. The van der Waals surface area contributed by atoms with Gasteiger partial charge in [0.05, 0.1) is 11.3 Å². The first kappa shape index (κ1) is 15.7. The molecule has 0 amide bonds. The Morgan fingerprint density at radius 1 is 1.21 bits per heavy atom. The van der Waals surface area contributed by atoms with Crippen molar-refractivity contribution in [3.05, 3.63) is 29.3 Å². The molecule has 0 radical (unpaired) electrons. The lowest BCUT2D eigenvalue weighted by molar-refractivity contribution is -0.136. The van der Waals surface area contributed by atoms with Crippen LogP contribution in [0.4, 0.5) is 0 Å². The quantitative estimate of drug-likeness (QED) is 0.796. The van der Waals surface area contributed by atoms with Gasteiger partial charge in [0.1, 0.15) is 0 Å². The maximum Gasteiger partial charge on any atom is 0.304 e. The van der Waals surface area contributed by atoms with Gasteiger partial charge >= 0.3 is 5.97 Å². The highest BCUT2D eigenvalue weighted by molar-refractivity contribution is 7.89. The van der Waals surface area contributed by atoms with E-state index in [2.05, 4.69) is 4.72 Å². The zero-order chi connectivity index (χ0) is 14.5. The van der Waals surface area contributed by atoms with Crippen LogP contribution in [0.25, 0.3) is 0 Å². The number of aryl methyl sites for hydroxylation is 2. The normalized spacial score (nSPS) is 11.5. The smallest absolute Gasteiger partial charge is 0.304 e. The summed E-state index contributed by atoms with van der Waals surface area (Å²) in [4.78, 5) is 10.6. The number of hydrogen-bond donors (Lipinski definition) is 2. The molecule has 0 aliphatic rings. The van der Waals surface area contributed by atoms with E-state index in [4.69, 9.17) is 5.11 Å². The van der Waals surface area contributed by atoms with E-state index in [1.165, 1.54) is 0 Å². The Morgan fingerprint density at radius 3 is 2.37 bits per heavy atom. The number of sulfonamides is 1. The van der Waals surface area contributed by atoms with Gasteiger partial charge < -0.3 is 5.11 Å². The molecule has 0 unspecified atom stereocenters. The number of hydrogen-bond acceptors (Lipinski definition) is 3. The summed E-state index contributed by atoms with van der Waals surface area (Å²) in [7, 11) is -3.63.